The van der Waals surface area contributed by atoms with Gasteiger partial charge in [-0.05, 0) is 17.1 Å². The molecule has 1 radical (unpaired) electrons. The van der Waals surface area contributed by atoms with Crippen LogP contribution in [0.15, 0.2) is 134 Å². The Labute approximate surface area is 281 Å². The summed E-state index contributed by atoms with van der Waals surface area (Å²) in [5.74, 6) is 7.00. The van der Waals surface area contributed by atoms with E-state index in [1.807, 2.05) is 73.1 Å². The second-order valence-corrected chi connectivity index (χ2v) is 22.2. The number of benzene rings is 5. The summed E-state index contributed by atoms with van der Waals surface area (Å²) in [6, 6.07) is 46.7. The van der Waals surface area contributed by atoms with Crippen molar-refractivity contribution in [2.24, 2.45) is 0 Å². The Morgan fingerprint density at radius 2 is 1.34 bits per heavy atom. The van der Waals surface area contributed by atoms with Crippen LogP contribution in [0.2, 0.25) is 17.3 Å². The van der Waals surface area contributed by atoms with Crippen molar-refractivity contribution in [3.63, 3.8) is 0 Å². The van der Waals surface area contributed by atoms with Gasteiger partial charge in [0.15, 0.2) is 0 Å². The summed E-state index contributed by atoms with van der Waals surface area (Å²) in [5.41, 5.74) is 5.53. The summed E-state index contributed by atoms with van der Waals surface area (Å²) in [5, 5.41) is 5.00. The van der Waals surface area contributed by atoms with Gasteiger partial charge in [-0.25, -0.2) is 0 Å². The van der Waals surface area contributed by atoms with Crippen LogP contribution in [0.5, 0.6) is 0 Å². The molecule has 219 valence electrons. The van der Waals surface area contributed by atoms with E-state index in [1.165, 1.54) is 25.9 Å². The fourth-order valence-electron chi connectivity index (χ4n) is 5.11. The second-order valence-electron chi connectivity index (χ2n) is 11.6. The van der Waals surface area contributed by atoms with Gasteiger partial charge in [0.2, 0.25) is 0 Å². The third-order valence-corrected chi connectivity index (χ3v) is 11.8. The average molecular weight is 811 g/mol. The Bertz CT molecular complexity index is 2110. The van der Waals surface area contributed by atoms with Gasteiger partial charge < -0.3 is 4.98 Å². The first kappa shape index (κ1) is 27.6. The predicted molar refractivity (Wildman–Crippen MR) is 185 cm³/mol. The summed E-state index contributed by atoms with van der Waals surface area (Å²) >= 11 is -1.91. The molecule has 0 unspecified atom stereocenters. The van der Waals surface area contributed by atoms with E-state index in [1.54, 1.807) is 6.07 Å². The molecular formula is C40H34GeIrN2-2. The van der Waals surface area contributed by atoms with Crippen LogP contribution in [0.1, 0.15) is 9.68 Å². The third kappa shape index (κ3) is 7.08. The molecule has 2 nitrogen and oxygen atoms in total. The average Bonchev–Trinajstić information content (AvgIpc) is 3.08. The topological polar surface area (TPSA) is 25.8 Å². The van der Waals surface area contributed by atoms with Crippen LogP contribution in [0.25, 0.3) is 55.2 Å². The number of hydrogen-bond donors (Lipinski definition) is 0. The Morgan fingerprint density at radius 3 is 2.07 bits per heavy atom. The van der Waals surface area contributed by atoms with E-state index in [2.05, 4.69) is 94.0 Å². The maximum absolute atomic E-state index is 7.84. The number of aromatic nitrogens is 2. The monoisotopic (exact) mass is 812 g/mol. The van der Waals surface area contributed by atoms with Crippen molar-refractivity contribution < 1.29 is 24.2 Å². The summed E-state index contributed by atoms with van der Waals surface area (Å²) in [4.78, 5) is 9.00. The smallest absolute Gasteiger partial charge is 0.0160 e. The molecule has 2 heterocycles. The normalized spacial score (nSPS) is 12.3. The SMILES string of the molecule is [2H]C([2H])([2H])c1c[c-]c(-c2cc[c]([Ge]([CH3])([CH3])[CH3])cn2)cc1-c1ccccc1.[Ir].[c-]1cc2c(ccc3ccccc32)cc1-c1ccccn1. The fraction of sp³-hybridized carbons (Fsp3) is 0.100. The Morgan fingerprint density at radius 1 is 0.636 bits per heavy atom. The zero-order valence-corrected chi connectivity index (χ0v) is 29.4. The van der Waals surface area contributed by atoms with E-state index in [4.69, 9.17) is 4.11 Å². The van der Waals surface area contributed by atoms with Crippen LogP contribution in [0.3, 0.4) is 0 Å². The molecule has 0 saturated heterocycles. The maximum atomic E-state index is 7.84. The quantitative estimate of drug-likeness (QED) is 0.101. The molecule has 7 rings (SSSR count). The van der Waals surface area contributed by atoms with E-state index in [9.17, 15) is 0 Å². The predicted octanol–water partition coefficient (Wildman–Crippen LogP) is 9.92. The van der Waals surface area contributed by atoms with Gasteiger partial charge in [0, 0.05) is 26.3 Å². The van der Waals surface area contributed by atoms with Crippen molar-refractivity contribution in [2.45, 2.75) is 24.1 Å². The first-order valence-corrected chi connectivity index (χ1v) is 21.8. The van der Waals surface area contributed by atoms with E-state index in [0.29, 0.717) is 11.1 Å². The van der Waals surface area contributed by atoms with Crippen LogP contribution in [0, 0.1) is 19.0 Å². The number of hydrogen-bond acceptors (Lipinski definition) is 2. The summed E-state index contributed by atoms with van der Waals surface area (Å²) in [6.45, 7) is -2.18. The molecule has 0 aliphatic rings. The molecule has 44 heavy (non-hydrogen) atoms. The standard InChI is InChI=1S/C21H22GeN.C19H12N.Ir/c1-16-10-11-18(14-20(16)17-8-6-5-7-9-17)21-13-12-19(15-23-21)22(2,3)4;1-2-6-17-14(5-1)8-9-15-13-16(10-11-18(15)17)19-7-3-4-12-20-19;/h5-10,12-15H,1-4H3;1-9,11-13H;/q2*-1;/i1D3;;. The minimum atomic E-state index is -2.18. The van der Waals surface area contributed by atoms with Gasteiger partial charge in [0.05, 0.1) is 0 Å². The van der Waals surface area contributed by atoms with Crippen molar-refractivity contribution in [2.75, 3.05) is 0 Å². The van der Waals surface area contributed by atoms with Gasteiger partial charge in [-0.3, -0.25) is 0 Å². The molecule has 0 amide bonds. The molecular weight excluding hydrogens is 773 g/mol. The van der Waals surface area contributed by atoms with Gasteiger partial charge in [0.1, 0.15) is 0 Å². The molecule has 0 atom stereocenters. The Hall–Kier alpha value is -3.89. The van der Waals surface area contributed by atoms with Crippen molar-refractivity contribution in [1.82, 2.24) is 9.97 Å². The van der Waals surface area contributed by atoms with Gasteiger partial charge in [-0.2, -0.15) is 0 Å². The maximum Gasteiger partial charge on any atom is 0.0160 e. The largest absolute Gasteiger partial charge is 0.305 e. The van der Waals surface area contributed by atoms with E-state index in [-0.39, 0.29) is 20.1 Å². The van der Waals surface area contributed by atoms with Gasteiger partial charge in [-0.1, -0.05) is 59.3 Å². The molecule has 4 heteroatoms. The molecule has 0 aliphatic heterocycles. The van der Waals surface area contributed by atoms with Gasteiger partial charge >= 0.3 is 146 Å². The number of pyridine rings is 2. The molecule has 0 bridgehead atoms. The molecule has 5 aromatic carbocycles. The summed E-state index contributed by atoms with van der Waals surface area (Å²) in [6.07, 6.45) is 3.77. The Kier molecular flexibility index (Phi) is 8.68. The van der Waals surface area contributed by atoms with Crippen molar-refractivity contribution in [3.8, 4) is 33.6 Å². The van der Waals surface area contributed by atoms with Crippen LogP contribution in [-0.4, -0.2) is 23.2 Å². The van der Waals surface area contributed by atoms with Crippen molar-refractivity contribution >= 4 is 39.2 Å². The van der Waals surface area contributed by atoms with E-state index >= 15 is 0 Å². The minimum absolute atomic E-state index is 0. The molecule has 0 N–H and O–H groups in total. The number of rotatable bonds is 4. The van der Waals surface area contributed by atoms with Gasteiger partial charge in [-0.15, -0.1) is 29.1 Å². The molecule has 0 spiro atoms. The summed E-state index contributed by atoms with van der Waals surface area (Å²) in [7, 11) is 0. The Balaban J connectivity index is 0.000000186. The second kappa shape index (κ2) is 13.8. The molecule has 0 saturated carbocycles. The van der Waals surface area contributed by atoms with Crippen LogP contribution < -0.4 is 4.40 Å². The number of aryl methyl sites for hydroxylation is 1. The van der Waals surface area contributed by atoms with E-state index in [0.717, 1.165) is 28.1 Å². The number of nitrogens with zero attached hydrogens (tertiary/aromatic N) is 2. The fourth-order valence-corrected chi connectivity index (χ4v) is 7.28. The third-order valence-electron chi connectivity index (χ3n) is 7.56. The zero-order chi connectivity index (χ0) is 32.3. The number of fused-ring (bicyclic) bond motifs is 3. The molecule has 7 aromatic rings. The zero-order valence-electron chi connectivity index (χ0n) is 27.9. The first-order valence-electron chi connectivity index (χ1n) is 15.9. The molecule has 2 aromatic heterocycles. The summed E-state index contributed by atoms with van der Waals surface area (Å²) < 4.78 is 24.9. The molecule has 0 aliphatic carbocycles. The van der Waals surface area contributed by atoms with Crippen LogP contribution >= 0.6 is 0 Å². The first-order chi connectivity index (χ1) is 22.1. The van der Waals surface area contributed by atoms with Crippen LogP contribution in [-0.2, 0) is 20.1 Å². The van der Waals surface area contributed by atoms with Crippen molar-refractivity contribution in [1.29, 1.82) is 0 Å². The van der Waals surface area contributed by atoms with Gasteiger partial charge in [0.25, 0.3) is 0 Å². The molecule has 0 fully saturated rings. The van der Waals surface area contributed by atoms with Crippen molar-refractivity contribution in [3.05, 3.63) is 151 Å². The van der Waals surface area contributed by atoms with E-state index < -0.39 is 20.1 Å². The minimum Gasteiger partial charge on any atom is -0.305 e. The van der Waals surface area contributed by atoms with Crippen LogP contribution in [0.4, 0.5) is 0 Å².